The molecule has 22 heavy (non-hydrogen) atoms. The maximum absolute atomic E-state index is 12.8. The molecule has 0 aliphatic heterocycles. The minimum atomic E-state index is -0.0841. The zero-order valence-corrected chi connectivity index (χ0v) is 12.3. The van der Waals surface area contributed by atoms with Gasteiger partial charge in [0.25, 0.3) is 5.56 Å². The number of benzene rings is 2. The van der Waals surface area contributed by atoms with Crippen LogP contribution < -0.4 is 16.0 Å². The molecule has 0 radical (unpaired) electrons. The summed E-state index contributed by atoms with van der Waals surface area (Å²) in [6.45, 7) is 0.431. The van der Waals surface area contributed by atoms with E-state index in [1.807, 2.05) is 42.5 Å². The monoisotopic (exact) mass is 295 g/mol. The zero-order chi connectivity index (χ0) is 15.5. The first-order valence-corrected chi connectivity index (χ1v) is 7.10. The van der Waals surface area contributed by atoms with E-state index >= 15 is 0 Å². The molecule has 5 heteroatoms. The minimum Gasteiger partial charge on any atom is -0.497 e. The molecular formula is C17H17N3O2. The van der Waals surface area contributed by atoms with E-state index in [9.17, 15) is 4.79 Å². The molecule has 0 spiro atoms. The Labute approximate surface area is 128 Å². The summed E-state index contributed by atoms with van der Waals surface area (Å²) in [5, 5.41) is 0.596. The molecular weight excluding hydrogens is 278 g/mol. The Morgan fingerprint density at radius 1 is 1.14 bits per heavy atom. The molecule has 0 atom stereocenters. The van der Waals surface area contributed by atoms with Crippen molar-refractivity contribution in [2.45, 2.75) is 6.42 Å². The molecule has 112 valence electrons. The molecule has 0 unspecified atom stereocenters. The molecule has 0 aliphatic carbocycles. The lowest BCUT2D eigenvalue weighted by molar-refractivity contribution is 0.414. The Bertz CT molecular complexity index is 854. The van der Waals surface area contributed by atoms with Crippen molar-refractivity contribution in [3.63, 3.8) is 0 Å². The SMILES string of the molecule is COc1ccc(-n2c(CCN)nc3ccccc3c2=O)cc1. The smallest absolute Gasteiger partial charge is 0.265 e. The van der Waals surface area contributed by atoms with Gasteiger partial charge in [-0.25, -0.2) is 4.98 Å². The molecule has 0 amide bonds. The summed E-state index contributed by atoms with van der Waals surface area (Å²) in [4.78, 5) is 17.4. The average Bonchev–Trinajstić information content (AvgIpc) is 2.56. The predicted octanol–water partition coefficient (Wildman–Crippen LogP) is 1.90. The summed E-state index contributed by atoms with van der Waals surface area (Å²) in [5.41, 5.74) is 7.04. The number of nitrogens with two attached hydrogens (primary N) is 1. The lowest BCUT2D eigenvalue weighted by Gasteiger charge is -2.13. The van der Waals surface area contributed by atoms with Crippen LogP contribution in [0.1, 0.15) is 5.82 Å². The van der Waals surface area contributed by atoms with Crippen LogP contribution in [-0.2, 0) is 6.42 Å². The molecule has 2 N–H and O–H groups in total. The largest absolute Gasteiger partial charge is 0.497 e. The summed E-state index contributed by atoms with van der Waals surface area (Å²) in [6.07, 6.45) is 0.534. The molecule has 0 bridgehead atoms. The van der Waals surface area contributed by atoms with Crippen LogP contribution in [-0.4, -0.2) is 23.2 Å². The Balaban J connectivity index is 2.27. The fourth-order valence-electron chi connectivity index (χ4n) is 2.47. The minimum absolute atomic E-state index is 0.0841. The van der Waals surface area contributed by atoms with E-state index in [1.54, 1.807) is 17.7 Å². The van der Waals surface area contributed by atoms with Crippen LogP contribution in [0.3, 0.4) is 0 Å². The molecule has 1 aromatic heterocycles. The van der Waals surface area contributed by atoms with Gasteiger partial charge in [0, 0.05) is 6.42 Å². The second-order valence-corrected chi connectivity index (χ2v) is 4.92. The van der Waals surface area contributed by atoms with E-state index in [2.05, 4.69) is 4.98 Å². The third-order valence-electron chi connectivity index (χ3n) is 3.54. The number of hydrogen-bond acceptors (Lipinski definition) is 4. The average molecular weight is 295 g/mol. The molecule has 3 aromatic rings. The molecule has 0 saturated carbocycles. The summed E-state index contributed by atoms with van der Waals surface area (Å²) in [7, 11) is 1.61. The van der Waals surface area contributed by atoms with E-state index in [4.69, 9.17) is 10.5 Å². The van der Waals surface area contributed by atoms with Crippen LogP contribution in [0.25, 0.3) is 16.6 Å². The van der Waals surface area contributed by atoms with Gasteiger partial charge in [0.1, 0.15) is 11.6 Å². The number of hydrogen-bond donors (Lipinski definition) is 1. The van der Waals surface area contributed by atoms with Crippen molar-refractivity contribution < 1.29 is 4.74 Å². The van der Waals surface area contributed by atoms with Gasteiger partial charge < -0.3 is 10.5 Å². The zero-order valence-electron chi connectivity index (χ0n) is 12.3. The maximum atomic E-state index is 12.8. The topological polar surface area (TPSA) is 70.1 Å². The first kappa shape index (κ1) is 14.3. The van der Waals surface area contributed by atoms with Gasteiger partial charge in [0.05, 0.1) is 23.7 Å². The van der Waals surface area contributed by atoms with Gasteiger partial charge in [-0.15, -0.1) is 0 Å². The standard InChI is InChI=1S/C17H17N3O2/c1-22-13-8-6-12(7-9-13)20-16(10-11-18)19-15-5-3-2-4-14(15)17(20)21/h2-9H,10-11,18H2,1H3. The molecule has 0 saturated heterocycles. The van der Waals surface area contributed by atoms with Gasteiger partial charge in [0.15, 0.2) is 0 Å². The Kier molecular flexibility index (Phi) is 3.89. The fourth-order valence-corrected chi connectivity index (χ4v) is 2.47. The van der Waals surface area contributed by atoms with Crippen LogP contribution in [0.5, 0.6) is 5.75 Å². The summed E-state index contributed by atoms with van der Waals surface area (Å²) < 4.78 is 6.78. The van der Waals surface area contributed by atoms with E-state index < -0.39 is 0 Å². The van der Waals surface area contributed by atoms with Crippen molar-refractivity contribution in [2.24, 2.45) is 5.73 Å². The van der Waals surface area contributed by atoms with Crippen molar-refractivity contribution in [3.05, 3.63) is 64.7 Å². The van der Waals surface area contributed by atoms with E-state index in [0.717, 1.165) is 11.4 Å². The summed E-state index contributed by atoms with van der Waals surface area (Å²) in [5.74, 6) is 1.40. The quantitative estimate of drug-likeness (QED) is 0.798. The highest BCUT2D eigenvalue weighted by Crippen LogP contribution is 2.17. The molecule has 0 fully saturated rings. The van der Waals surface area contributed by atoms with Crippen molar-refractivity contribution in [3.8, 4) is 11.4 Å². The van der Waals surface area contributed by atoms with Crippen LogP contribution >= 0.6 is 0 Å². The number of ether oxygens (including phenoxy) is 1. The van der Waals surface area contributed by atoms with Crippen molar-refractivity contribution in [1.29, 1.82) is 0 Å². The highest BCUT2D eigenvalue weighted by molar-refractivity contribution is 5.77. The second-order valence-electron chi connectivity index (χ2n) is 4.92. The number of nitrogens with zero attached hydrogens (tertiary/aromatic N) is 2. The number of fused-ring (bicyclic) bond motifs is 1. The van der Waals surface area contributed by atoms with Gasteiger partial charge in [0.2, 0.25) is 0 Å². The highest BCUT2D eigenvalue weighted by atomic mass is 16.5. The highest BCUT2D eigenvalue weighted by Gasteiger charge is 2.12. The molecule has 5 nitrogen and oxygen atoms in total. The first-order valence-electron chi connectivity index (χ1n) is 7.10. The molecule has 1 heterocycles. The third kappa shape index (κ3) is 2.46. The summed E-state index contributed by atoms with van der Waals surface area (Å²) in [6, 6.07) is 14.7. The van der Waals surface area contributed by atoms with Crippen LogP contribution in [0.2, 0.25) is 0 Å². The number of para-hydroxylation sites is 1. The number of aromatic nitrogens is 2. The van der Waals surface area contributed by atoms with Gasteiger partial charge >= 0.3 is 0 Å². The molecule has 0 aliphatic rings. The van der Waals surface area contributed by atoms with Crippen molar-refractivity contribution in [2.75, 3.05) is 13.7 Å². The van der Waals surface area contributed by atoms with Crippen molar-refractivity contribution >= 4 is 10.9 Å². The molecule has 3 rings (SSSR count). The van der Waals surface area contributed by atoms with E-state index in [1.165, 1.54) is 0 Å². The van der Waals surface area contributed by atoms with Crippen molar-refractivity contribution in [1.82, 2.24) is 9.55 Å². The van der Waals surface area contributed by atoms with Gasteiger partial charge in [-0.3, -0.25) is 9.36 Å². The first-order chi connectivity index (χ1) is 10.7. The van der Waals surface area contributed by atoms with Crippen LogP contribution in [0.4, 0.5) is 0 Å². The third-order valence-corrected chi connectivity index (χ3v) is 3.54. The number of methoxy groups -OCH3 is 1. The lowest BCUT2D eigenvalue weighted by atomic mass is 10.2. The van der Waals surface area contributed by atoms with Gasteiger partial charge in [-0.2, -0.15) is 0 Å². The number of rotatable bonds is 4. The molecule has 2 aromatic carbocycles. The van der Waals surface area contributed by atoms with Gasteiger partial charge in [-0.1, -0.05) is 12.1 Å². The van der Waals surface area contributed by atoms with E-state index in [-0.39, 0.29) is 5.56 Å². The normalized spacial score (nSPS) is 10.8. The Hall–Kier alpha value is -2.66. The lowest BCUT2D eigenvalue weighted by Crippen LogP contribution is -2.25. The van der Waals surface area contributed by atoms with Crippen LogP contribution in [0, 0.1) is 0 Å². The van der Waals surface area contributed by atoms with E-state index in [0.29, 0.717) is 29.7 Å². The predicted molar refractivity (Wildman–Crippen MR) is 86.7 cm³/mol. The Morgan fingerprint density at radius 3 is 2.55 bits per heavy atom. The van der Waals surface area contributed by atoms with Gasteiger partial charge in [-0.05, 0) is 42.9 Å². The Morgan fingerprint density at radius 2 is 1.86 bits per heavy atom. The fraction of sp³-hybridized carbons (Fsp3) is 0.176. The second kappa shape index (κ2) is 5.99. The summed E-state index contributed by atoms with van der Waals surface area (Å²) >= 11 is 0. The maximum Gasteiger partial charge on any atom is 0.265 e. The van der Waals surface area contributed by atoms with Crippen LogP contribution in [0.15, 0.2) is 53.3 Å².